The third-order valence-electron chi connectivity index (χ3n) is 4.94. The Morgan fingerprint density at radius 2 is 1.55 bits per heavy atom. The molecule has 20 heavy (non-hydrogen) atoms. The summed E-state index contributed by atoms with van der Waals surface area (Å²) in [6.45, 7) is 13.9. The van der Waals surface area contributed by atoms with E-state index in [4.69, 9.17) is 0 Å². The number of hydrogen-bond acceptors (Lipinski definition) is 0. The molecule has 0 radical (unpaired) electrons. The molecule has 0 heterocycles. The Morgan fingerprint density at radius 1 is 0.950 bits per heavy atom. The van der Waals surface area contributed by atoms with Gasteiger partial charge in [0, 0.05) is 5.92 Å². The molecule has 1 aromatic carbocycles. The van der Waals surface area contributed by atoms with Crippen LogP contribution in [0.1, 0.15) is 47.1 Å². The molecule has 0 fully saturated rings. The molecule has 0 amide bonds. The quantitative estimate of drug-likeness (QED) is 0.633. The van der Waals surface area contributed by atoms with Crippen molar-refractivity contribution >= 4 is 18.8 Å². The lowest BCUT2D eigenvalue weighted by molar-refractivity contribution is 0.896. The summed E-state index contributed by atoms with van der Waals surface area (Å²) in [4.78, 5) is 0. The minimum absolute atomic E-state index is 0.00757. The molecule has 0 saturated carbocycles. The van der Waals surface area contributed by atoms with Crippen molar-refractivity contribution in [3.63, 3.8) is 0 Å². The molecule has 1 atom stereocenters. The normalized spacial score (nSPS) is 19.4. The fraction of sp³-hybridized carbons (Fsp3) is 0.474. The Balaban J connectivity index is 2.56. The first kappa shape index (κ1) is 15.5. The molecular weight excluding hydrogens is 259 g/mol. The van der Waals surface area contributed by atoms with Crippen molar-refractivity contribution < 1.29 is 0 Å². The second-order valence-corrected chi connectivity index (χ2v) is 8.58. The molecule has 0 nitrogen and oxygen atoms in total. The van der Waals surface area contributed by atoms with Crippen molar-refractivity contribution in [2.45, 2.75) is 41.5 Å². The largest absolute Gasteiger partial charge is 0.0752 e. The third-order valence-corrected chi connectivity index (χ3v) is 7.54. The molecule has 0 bridgehead atoms. The Bertz CT molecular complexity index is 559. The van der Waals surface area contributed by atoms with Gasteiger partial charge < -0.3 is 0 Å². The first-order chi connectivity index (χ1) is 9.52. The average molecular weight is 286 g/mol. The molecule has 1 aliphatic rings. The lowest BCUT2D eigenvalue weighted by Gasteiger charge is -2.22. The number of benzene rings is 1. The Labute approximate surface area is 125 Å². The molecule has 1 unspecified atom stereocenters. The van der Waals surface area contributed by atoms with Gasteiger partial charge in [0.2, 0.25) is 0 Å². The van der Waals surface area contributed by atoms with Crippen LogP contribution in [0.25, 0.3) is 5.57 Å². The van der Waals surface area contributed by atoms with Gasteiger partial charge >= 0.3 is 0 Å². The number of rotatable bonds is 4. The summed E-state index contributed by atoms with van der Waals surface area (Å²) in [5.74, 6) is 0.571. The summed E-state index contributed by atoms with van der Waals surface area (Å²) in [7, 11) is -0.00757. The Kier molecular flexibility index (Phi) is 4.86. The molecule has 0 spiro atoms. The molecular formula is C19H27P. The van der Waals surface area contributed by atoms with Gasteiger partial charge in [-0.05, 0) is 60.7 Å². The van der Waals surface area contributed by atoms with E-state index in [1.165, 1.54) is 29.0 Å². The highest BCUT2D eigenvalue weighted by molar-refractivity contribution is 7.65. The van der Waals surface area contributed by atoms with Crippen LogP contribution in [0, 0.1) is 5.92 Å². The SMILES string of the molecule is CCP(CC)c1ccccc1C1=C(C)C(C)=C(C)C1C. The number of allylic oxidation sites excluding steroid dienone is 4. The van der Waals surface area contributed by atoms with Gasteiger partial charge in [0.1, 0.15) is 0 Å². The van der Waals surface area contributed by atoms with E-state index in [9.17, 15) is 0 Å². The van der Waals surface area contributed by atoms with E-state index in [-0.39, 0.29) is 7.92 Å². The molecule has 2 rings (SSSR count). The first-order valence-corrected chi connectivity index (χ1v) is 9.46. The molecule has 0 N–H and O–H groups in total. The monoisotopic (exact) mass is 286 g/mol. The van der Waals surface area contributed by atoms with E-state index in [1.807, 2.05) is 0 Å². The van der Waals surface area contributed by atoms with E-state index >= 15 is 0 Å². The summed E-state index contributed by atoms with van der Waals surface area (Å²) in [5, 5.41) is 1.61. The summed E-state index contributed by atoms with van der Waals surface area (Å²) in [6.07, 6.45) is 2.57. The van der Waals surface area contributed by atoms with E-state index in [1.54, 1.807) is 16.5 Å². The van der Waals surface area contributed by atoms with Gasteiger partial charge in [-0.15, -0.1) is 0 Å². The lowest BCUT2D eigenvalue weighted by atomic mass is 9.92. The molecule has 108 valence electrons. The molecule has 0 aromatic heterocycles. The Hall–Kier alpha value is -0.870. The first-order valence-electron chi connectivity index (χ1n) is 7.75. The van der Waals surface area contributed by atoms with Crippen LogP contribution in [0.4, 0.5) is 0 Å². The fourth-order valence-electron chi connectivity index (χ4n) is 3.34. The second-order valence-electron chi connectivity index (χ2n) is 5.76. The van der Waals surface area contributed by atoms with Gasteiger partial charge in [0.05, 0.1) is 0 Å². The second kappa shape index (κ2) is 6.27. The minimum atomic E-state index is -0.00757. The molecule has 0 aliphatic heterocycles. The van der Waals surface area contributed by atoms with E-state index < -0.39 is 0 Å². The van der Waals surface area contributed by atoms with Crippen molar-refractivity contribution in [1.82, 2.24) is 0 Å². The van der Waals surface area contributed by atoms with E-state index in [0.717, 1.165) is 0 Å². The van der Waals surface area contributed by atoms with Gasteiger partial charge in [-0.25, -0.2) is 0 Å². The molecule has 1 aliphatic carbocycles. The van der Waals surface area contributed by atoms with E-state index in [2.05, 4.69) is 65.8 Å². The van der Waals surface area contributed by atoms with Gasteiger partial charge in [0.25, 0.3) is 0 Å². The van der Waals surface area contributed by atoms with Crippen LogP contribution in [0.15, 0.2) is 41.0 Å². The highest BCUT2D eigenvalue weighted by Gasteiger charge is 2.26. The van der Waals surface area contributed by atoms with Gasteiger partial charge in [0.15, 0.2) is 0 Å². The fourth-order valence-corrected chi connectivity index (χ4v) is 5.30. The van der Waals surface area contributed by atoms with Crippen molar-refractivity contribution in [2.75, 3.05) is 12.3 Å². The number of hydrogen-bond donors (Lipinski definition) is 0. The summed E-state index contributed by atoms with van der Waals surface area (Å²) in [6, 6.07) is 9.12. The lowest BCUT2D eigenvalue weighted by Crippen LogP contribution is -2.13. The van der Waals surface area contributed by atoms with Crippen LogP contribution < -0.4 is 5.30 Å². The topological polar surface area (TPSA) is 0 Å². The van der Waals surface area contributed by atoms with Crippen LogP contribution in [0.5, 0.6) is 0 Å². The van der Waals surface area contributed by atoms with Crippen molar-refractivity contribution in [3.05, 3.63) is 46.5 Å². The summed E-state index contributed by atoms with van der Waals surface area (Å²) < 4.78 is 0. The van der Waals surface area contributed by atoms with Gasteiger partial charge in [-0.2, -0.15) is 0 Å². The summed E-state index contributed by atoms with van der Waals surface area (Å²) in [5.41, 5.74) is 7.64. The van der Waals surface area contributed by atoms with Crippen LogP contribution in [-0.2, 0) is 0 Å². The van der Waals surface area contributed by atoms with Gasteiger partial charge in [-0.1, -0.05) is 58.5 Å². The zero-order valence-electron chi connectivity index (χ0n) is 13.7. The third kappa shape index (κ3) is 2.51. The molecule has 1 heteroatoms. The smallest absolute Gasteiger partial charge is 0.00317 e. The molecule has 1 aromatic rings. The van der Waals surface area contributed by atoms with Crippen molar-refractivity contribution in [2.24, 2.45) is 5.92 Å². The Morgan fingerprint density at radius 3 is 2.05 bits per heavy atom. The predicted molar refractivity (Wildman–Crippen MR) is 94.2 cm³/mol. The van der Waals surface area contributed by atoms with Crippen molar-refractivity contribution in [3.8, 4) is 0 Å². The highest BCUT2D eigenvalue weighted by Crippen LogP contribution is 2.44. The van der Waals surface area contributed by atoms with Crippen LogP contribution in [0.3, 0.4) is 0 Å². The maximum absolute atomic E-state index is 2.37. The maximum atomic E-state index is 2.37. The summed E-state index contributed by atoms with van der Waals surface area (Å²) >= 11 is 0. The predicted octanol–water partition coefficient (Wildman–Crippen LogP) is 5.59. The van der Waals surface area contributed by atoms with Crippen molar-refractivity contribution in [1.29, 1.82) is 0 Å². The van der Waals surface area contributed by atoms with Gasteiger partial charge in [-0.3, -0.25) is 0 Å². The van der Waals surface area contributed by atoms with Crippen LogP contribution >= 0.6 is 7.92 Å². The zero-order chi connectivity index (χ0) is 14.9. The zero-order valence-corrected chi connectivity index (χ0v) is 14.6. The minimum Gasteiger partial charge on any atom is -0.0752 e. The van der Waals surface area contributed by atoms with Crippen LogP contribution in [0.2, 0.25) is 0 Å². The molecule has 0 saturated heterocycles. The van der Waals surface area contributed by atoms with Crippen LogP contribution in [-0.4, -0.2) is 12.3 Å². The average Bonchev–Trinajstić information content (AvgIpc) is 2.65. The van der Waals surface area contributed by atoms with E-state index in [0.29, 0.717) is 5.92 Å². The maximum Gasteiger partial charge on any atom is 0.00317 e. The highest BCUT2D eigenvalue weighted by atomic mass is 31.1. The standard InChI is InChI=1S/C19H27P/c1-7-20(8-2)18-12-10-9-11-17(18)19-15(5)13(3)14(4)16(19)6/h9-12,15H,7-8H2,1-6H3.